The first-order valence-electron chi connectivity index (χ1n) is 6.47. The fraction of sp³-hybridized carbons (Fsp3) is 0.533. The molecule has 0 aliphatic rings. The second kappa shape index (κ2) is 7.04. The molecule has 0 atom stereocenters. The van der Waals surface area contributed by atoms with E-state index < -0.39 is 5.82 Å². The van der Waals surface area contributed by atoms with E-state index in [-0.39, 0.29) is 16.8 Å². The lowest BCUT2D eigenvalue weighted by Crippen LogP contribution is -2.29. The molecule has 1 aromatic rings. The maximum Gasteiger partial charge on any atom is 0.162 e. The predicted molar refractivity (Wildman–Crippen MR) is 78.7 cm³/mol. The van der Waals surface area contributed by atoms with E-state index in [9.17, 15) is 9.18 Å². The Labute approximate surface area is 122 Å². The number of hydrogen-bond acceptors (Lipinski definition) is 2. The highest BCUT2D eigenvalue weighted by Crippen LogP contribution is 2.30. The summed E-state index contributed by atoms with van der Waals surface area (Å²) in [5, 5.41) is 0.848. The van der Waals surface area contributed by atoms with Crippen LogP contribution < -0.4 is 4.74 Å². The zero-order chi connectivity index (χ0) is 14.5. The number of carbonyl (C=O) groups is 1. The molecule has 106 valence electrons. The average molecular weight is 331 g/mol. The Hall–Kier alpha value is -0.900. The third kappa shape index (κ3) is 4.03. The molecule has 0 radical (unpaired) electrons. The predicted octanol–water partition coefficient (Wildman–Crippen LogP) is 4.61. The van der Waals surface area contributed by atoms with Crippen molar-refractivity contribution in [2.45, 2.75) is 33.6 Å². The second-order valence-electron chi connectivity index (χ2n) is 4.83. The van der Waals surface area contributed by atoms with Crippen molar-refractivity contribution in [1.29, 1.82) is 0 Å². The SMILES string of the molecule is CCC(CC)(CBr)COc1ccc(C(C)=O)c(F)c1. The van der Waals surface area contributed by atoms with Crippen LogP contribution in [0.1, 0.15) is 44.0 Å². The maximum absolute atomic E-state index is 13.7. The largest absolute Gasteiger partial charge is 0.493 e. The Morgan fingerprint density at radius 3 is 2.42 bits per heavy atom. The van der Waals surface area contributed by atoms with Gasteiger partial charge >= 0.3 is 0 Å². The summed E-state index contributed by atoms with van der Waals surface area (Å²) in [7, 11) is 0. The zero-order valence-electron chi connectivity index (χ0n) is 11.6. The van der Waals surface area contributed by atoms with Crippen molar-refractivity contribution in [3.63, 3.8) is 0 Å². The molecular weight excluding hydrogens is 311 g/mol. The van der Waals surface area contributed by atoms with E-state index in [1.165, 1.54) is 19.1 Å². The van der Waals surface area contributed by atoms with Gasteiger partial charge in [-0.15, -0.1) is 0 Å². The number of ether oxygens (including phenoxy) is 1. The second-order valence-corrected chi connectivity index (χ2v) is 5.39. The van der Waals surface area contributed by atoms with Gasteiger partial charge in [-0.1, -0.05) is 29.8 Å². The molecule has 0 saturated carbocycles. The summed E-state index contributed by atoms with van der Waals surface area (Å²) in [4.78, 5) is 11.1. The molecule has 0 fully saturated rings. The van der Waals surface area contributed by atoms with Crippen molar-refractivity contribution in [3.8, 4) is 5.75 Å². The van der Waals surface area contributed by atoms with Crippen molar-refractivity contribution >= 4 is 21.7 Å². The van der Waals surface area contributed by atoms with Crippen LogP contribution in [0, 0.1) is 11.2 Å². The Kier molecular flexibility index (Phi) is 5.98. The molecule has 0 aliphatic heterocycles. The molecule has 2 nitrogen and oxygen atoms in total. The number of carbonyl (C=O) groups excluding carboxylic acids is 1. The Balaban J connectivity index is 2.78. The normalized spacial score (nSPS) is 11.4. The minimum absolute atomic E-state index is 0.0652. The van der Waals surface area contributed by atoms with Crippen LogP contribution in [0.4, 0.5) is 4.39 Å². The van der Waals surface area contributed by atoms with Crippen molar-refractivity contribution in [2.75, 3.05) is 11.9 Å². The van der Waals surface area contributed by atoms with Crippen LogP contribution in [-0.2, 0) is 0 Å². The van der Waals surface area contributed by atoms with E-state index in [1.54, 1.807) is 6.07 Å². The molecule has 0 heterocycles. The Morgan fingerprint density at radius 1 is 1.37 bits per heavy atom. The van der Waals surface area contributed by atoms with E-state index in [0.29, 0.717) is 12.4 Å². The first-order chi connectivity index (χ1) is 8.98. The number of ketones is 1. The number of rotatable bonds is 7. The van der Waals surface area contributed by atoms with Crippen molar-refractivity contribution in [3.05, 3.63) is 29.6 Å². The number of alkyl halides is 1. The highest BCUT2D eigenvalue weighted by Gasteiger charge is 2.26. The van der Waals surface area contributed by atoms with Gasteiger partial charge in [-0.3, -0.25) is 4.79 Å². The van der Waals surface area contributed by atoms with Crippen LogP contribution in [0.3, 0.4) is 0 Å². The lowest BCUT2D eigenvalue weighted by molar-refractivity contribution is 0.101. The van der Waals surface area contributed by atoms with Gasteiger partial charge in [0.1, 0.15) is 11.6 Å². The van der Waals surface area contributed by atoms with Crippen LogP contribution >= 0.6 is 15.9 Å². The third-order valence-corrected chi connectivity index (χ3v) is 4.84. The summed E-state index contributed by atoms with van der Waals surface area (Å²) in [6.07, 6.45) is 1.98. The maximum atomic E-state index is 13.7. The quantitative estimate of drug-likeness (QED) is 0.539. The number of Topliss-reactive ketones (excluding diaryl/α,β-unsaturated/α-hetero) is 1. The lowest BCUT2D eigenvalue weighted by atomic mass is 9.86. The molecule has 1 rings (SSSR count). The van der Waals surface area contributed by atoms with E-state index >= 15 is 0 Å². The molecule has 19 heavy (non-hydrogen) atoms. The smallest absolute Gasteiger partial charge is 0.162 e. The van der Waals surface area contributed by atoms with Gasteiger partial charge in [0.05, 0.1) is 12.2 Å². The highest BCUT2D eigenvalue weighted by atomic mass is 79.9. The van der Waals surface area contributed by atoms with Gasteiger partial charge < -0.3 is 4.74 Å². The molecule has 0 unspecified atom stereocenters. The average Bonchev–Trinajstić information content (AvgIpc) is 2.40. The Morgan fingerprint density at radius 2 is 2.00 bits per heavy atom. The fourth-order valence-corrected chi connectivity index (χ4v) is 2.74. The summed E-state index contributed by atoms with van der Waals surface area (Å²) < 4.78 is 19.3. The van der Waals surface area contributed by atoms with Crippen LogP contribution in [0.2, 0.25) is 0 Å². The van der Waals surface area contributed by atoms with Gasteiger partial charge in [-0.25, -0.2) is 4.39 Å². The van der Waals surface area contributed by atoms with E-state index in [4.69, 9.17) is 4.74 Å². The monoisotopic (exact) mass is 330 g/mol. The van der Waals surface area contributed by atoms with E-state index in [1.807, 2.05) is 0 Å². The molecular formula is C15H20BrFO2. The van der Waals surface area contributed by atoms with Crippen LogP contribution in [0.25, 0.3) is 0 Å². The molecule has 0 amide bonds. The molecule has 0 spiro atoms. The van der Waals surface area contributed by atoms with Gasteiger partial charge in [-0.2, -0.15) is 0 Å². The van der Waals surface area contributed by atoms with E-state index in [2.05, 4.69) is 29.8 Å². The zero-order valence-corrected chi connectivity index (χ0v) is 13.2. The molecule has 0 bridgehead atoms. The molecule has 1 aromatic carbocycles. The fourth-order valence-electron chi connectivity index (χ4n) is 1.79. The molecule has 0 aliphatic carbocycles. The van der Waals surface area contributed by atoms with Crippen LogP contribution in [0.5, 0.6) is 5.75 Å². The van der Waals surface area contributed by atoms with Gasteiger partial charge in [0, 0.05) is 16.8 Å². The summed E-state index contributed by atoms with van der Waals surface area (Å²) in [5.74, 6) is -0.335. The van der Waals surface area contributed by atoms with Gasteiger partial charge in [0.15, 0.2) is 5.78 Å². The summed E-state index contributed by atoms with van der Waals surface area (Å²) >= 11 is 3.51. The summed E-state index contributed by atoms with van der Waals surface area (Å²) in [6, 6.07) is 4.39. The van der Waals surface area contributed by atoms with Crippen LogP contribution in [0.15, 0.2) is 18.2 Å². The van der Waals surface area contributed by atoms with Crippen molar-refractivity contribution < 1.29 is 13.9 Å². The van der Waals surface area contributed by atoms with Gasteiger partial charge in [0.2, 0.25) is 0 Å². The van der Waals surface area contributed by atoms with Crippen molar-refractivity contribution in [2.24, 2.45) is 5.41 Å². The lowest BCUT2D eigenvalue weighted by Gasteiger charge is -2.29. The number of halogens is 2. The number of hydrogen-bond donors (Lipinski definition) is 0. The molecule has 4 heteroatoms. The van der Waals surface area contributed by atoms with Gasteiger partial charge in [0.25, 0.3) is 0 Å². The van der Waals surface area contributed by atoms with Gasteiger partial charge in [-0.05, 0) is 31.9 Å². The number of benzene rings is 1. The topological polar surface area (TPSA) is 26.3 Å². The van der Waals surface area contributed by atoms with Crippen LogP contribution in [-0.4, -0.2) is 17.7 Å². The molecule has 0 saturated heterocycles. The standard InChI is InChI=1S/C15H20BrFO2/c1-4-15(5-2,9-16)10-19-12-6-7-13(11(3)18)14(17)8-12/h6-8H,4-5,9-10H2,1-3H3. The van der Waals surface area contributed by atoms with E-state index in [0.717, 1.165) is 18.2 Å². The first-order valence-corrected chi connectivity index (χ1v) is 7.59. The van der Waals surface area contributed by atoms with Crippen molar-refractivity contribution in [1.82, 2.24) is 0 Å². The summed E-state index contributed by atoms with van der Waals surface area (Å²) in [6.45, 7) is 6.12. The Bertz CT molecular complexity index is 434. The first kappa shape index (κ1) is 16.2. The molecule has 0 N–H and O–H groups in total. The minimum Gasteiger partial charge on any atom is -0.493 e. The minimum atomic E-state index is -0.526. The third-order valence-electron chi connectivity index (χ3n) is 3.65. The summed E-state index contributed by atoms with van der Waals surface area (Å²) in [5.41, 5.74) is 0.167. The molecule has 0 aromatic heterocycles. The highest BCUT2D eigenvalue weighted by molar-refractivity contribution is 9.09.